The van der Waals surface area contributed by atoms with Gasteiger partial charge in [-0.05, 0) is 18.8 Å². The van der Waals surface area contributed by atoms with E-state index in [0.29, 0.717) is 0 Å². The molecular formula is C23H48O. The Kier molecular flexibility index (Phi) is 19.3. The van der Waals surface area contributed by atoms with Crippen LogP contribution in [0.1, 0.15) is 136 Å². The summed E-state index contributed by atoms with van der Waals surface area (Å²) in [4.78, 5) is 0. The molecule has 0 aliphatic heterocycles. The summed E-state index contributed by atoms with van der Waals surface area (Å²) in [6.07, 6.45) is 23.8. The molecule has 0 aromatic heterocycles. The van der Waals surface area contributed by atoms with Crippen LogP contribution < -0.4 is 0 Å². The Labute approximate surface area is 154 Å². The topological polar surface area (TPSA) is 20.2 Å². The van der Waals surface area contributed by atoms with Gasteiger partial charge in [0, 0.05) is 0 Å². The maximum Gasteiger partial charge on any atom is 0.0542 e. The zero-order valence-electron chi connectivity index (χ0n) is 17.3. The highest BCUT2D eigenvalue weighted by Gasteiger charge is 2.12. The third-order valence-electron chi connectivity index (χ3n) is 5.54. The number of aliphatic hydroxyl groups is 1. The molecule has 2 atom stereocenters. The van der Waals surface area contributed by atoms with E-state index in [2.05, 4.69) is 20.8 Å². The number of rotatable bonds is 19. The van der Waals surface area contributed by atoms with Crippen molar-refractivity contribution >= 4 is 0 Å². The van der Waals surface area contributed by atoms with E-state index in [1.54, 1.807) is 0 Å². The standard InChI is InChI=1S/C23H48O/c1-4-7-9-11-12-13-14-16-18-20-23(24)21-22(6-3)19-17-15-10-8-5-2/h22-24H,4-21H2,1-3H3/t22?,23-/m1/s1. The van der Waals surface area contributed by atoms with Crippen LogP contribution in [0.3, 0.4) is 0 Å². The summed E-state index contributed by atoms with van der Waals surface area (Å²) in [6, 6.07) is 0. The minimum atomic E-state index is -0.0462. The molecule has 0 aromatic rings. The molecule has 1 unspecified atom stereocenters. The highest BCUT2D eigenvalue weighted by molar-refractivity contribution is 4.65. The van der Waals surface area contributed by atoms with Crippen molar-refractivity contribution in [3.8, 4) is 0 Å². The van der Waals surface area contributed by atoms with Gasteiger partial charge in [-0.1, -0.05) is 124 Å². The van der Waals surface area contributed by atoms with Gasteiger partial charge in [0.25, 0.3) is 0 Å². The average molecular weight is 341 g/mol. The Morgan fingerprint density at radius 2 is 0.958 bits per heavy atom. The molecule has 0 aliphatic carbocycles. The van der Waals surface area contributed by atoms with Gasteiger partial charge in [0.15, 0.2) is 0 Å². The first-order valence-electron chi connectivity index (χ1n) is 11.4. The predicted molar refractivity (Wildman–Crippen MR) is 110 cm³/mol. The van der Waals surface area contributed by atoms with E-state index in [1.165, 1.54) is 103 Å². The lowest BCUT2D eigenvalue weighted by molar-refractivity contribution is 0.125. The van der Waals surface area contributed by atoms with Crippen LogP contribution in [-0.4, -0.2) is 11.2 Å². The van der Waals surface area contributed by atoms with Gasteiger partial charge >= 0.3 is 0 Å². The smallest absolute Gasteiger partial charge is 0.0542 e. The first-order valence-corrected chi connectivity index (χ1v) is 11.4. The minimum Gasteiger partial charge on any atom is -0.393 e. The van der Waals surface area contributed by atoms with Crippen molar-refractivity contribution in [1.29, 1.82) is 0 Å². The molecule has 0 aromatic carbocycles. The zero-order valence-corrected chi connectivity index (χ0v) is 17.3. The zero-order chi connectivity index (χ0) is 17.9. The van der Waals surface area contributed by atoms with E-state index in [0.717, 1.165) is 18.8 Å². The van der Waals surface area contributed by atoms with Crippen LogP contribution in [0.4, 0.5) is 0 Å². The van der Waals surface area contributed by atoms with Crippen LogP contribution in [0.15, 0.2) is 0 Å². The SMILES string of the molecule is CCCCCCCCCCC[C@@H](O)CC(CC)CCCCCCC. The van der Waals surface area contributed by atoms with Gasteiger partial charge in [-0.3, -0.25) is 0 Å². The van der Waals surface area contributed by atoms with Crippen LogP contribution in [0.25, 0.3) is 0 Å². The summed E-state index contributed by atoms with van der Waals surface area (Å²) in [5, 5.41) is 10.3. The minimum absolute atomic E-state index is 0.0462. The lowest BCUT2D eigenvalue weighted by atomic mass is 9.91. The van der Waals surface area contributed by atoms with Gasteiger partial charge in [-0.15, -0.1) is 0 Å². The Hall–Kier alpha value is -0.0400. The molecule has 0 spiro atoms. The summed E-state index contributed by atoms with van der Waals surface area (Å²) in [6.45, 7) is 6.85. The average Bonchev–Trinajstić information content (AvgIpc) is 2.59. The maximum absolute atomic E-state index is 10.3. The summed E-state index contributed by atoms with van der Waals surface area (Å²) in [7, 11) is 0. The molecule has 1 N–H and O–H groups in total. The van der Waals surface area contributed by atoms with Crippen molar-refractivity contribution in [3.05, 3.63) is 0 Å². The van der Waals surface area contributed by atoms with Gasteiger partial charge in [0.05, 0.1) is 6.10 Å². The van der Waals surface area contributed by atoms with E-state index >= 15 is 0 Å². The van der Waals surface area contributed by atoms with Crippen molar-refractivity contribution in [2.45, 2.75) is 142 Å². The lowest BCUT2D eigenvalue weighted by Gasteiger charge is -2.19. The monoisotopic (exact) mass is 340 g/mol. The Bertz CT molecular complexity index is 226. The summed E-state index contributed by atoms with van der Waals surface area (Å²) >= 11 is 0. The van der Waals surface area contributed by atoms with Crippen molar-refractivity contribution in [2.24, 2.45) is 5.92 Å². The first kappa shape index (κ1) is 24.0. The fraction of sp³-hybridized carbons (Fsp3) is 1.00. The van der Waals surface area contributed by atoms with Crippen LogP contribution in [0, 0.1) is 5.92 Å². The highest BCUT2D eigenvalue weighted by Crippen LogP contribution is 2.22. The summed E-state index contributed by atoms with van der Waals surface area (Å²) < 4.78 is 0. The largest absolute Gasteiger partial charge is 0.393 e. The third kappa shape index (κ3) is 16.8. The summed E-state index contributed by atoms with van der Waals surface area (Å²) in [5.41, 5.74) is 0. The number of hydrogen-bond acceptors (Lipinski definition) is 1. The molecule has 0 saturated heterocycles. The fourth-order valence-electron chi connectivity index (χ4n) is 3.72. The Morgan fingerprint density at radius 3 is 1.42 bits per heavy atom. The van der Waals surface area contributed by atoms with Gasteiger partial charge in [-0.2, -0.15) is 0 Å². The number of unbranched alkanes of at least 4 members (excludes halogenated alkanes) is 12. The van der Waals surface area contributed by atoms with Crippen LogP contribution in [0.2, 0.25) is 0 Å². The van der Waals surface area contributed by atoms with Crippen LogP contribution >= 0.6 is 0 Å². The Balaban J connectivity index is 3.46. The third-order valence-corrected chi connectivity index (χ3v) is 5.54. The van der Waals surface area contributed by atoms with E-state index in [-0.39, 0.29) is 6.10 Å². The normalized spacial score (nSPS) is 14.0. The molecule has 0 bridgehead atoms. The van der Waals surface area contributed by atoms with Crippen molar-refractivity contribution in [2.75, 3.05) is 0 Å². The van der Waals surface area contributed by atoms with Crippen molar-refractivity contribution in [3.63, 3.8) is 0 Å². The molecule has 0 radical (unpaired) electrons. The number of aliphatic hydroxyl groups excluding tert-OH is 1. The van der Waals surface area contributed by atoms with E-state index in [1.807, 2.05) is 0 Å². The molecular weight excluding hydrogens is 292 g/mol. The lowest BCUT2D eigenvalue weighted by Crippen LogP contribution is -2.13. The molecule has 0 aliphatic rings. The van der Waals surface area contributed by atoms with Gasteiger partial charge < -0.3 is 5.11 Å². The van der Waals surface area contributed by atoms with E-state index < -0.39 is 0 Å². The highest BCUT2D eigenvalue weighted by atomic mass is 16.3. The maximum atomic E-state index is 10.3. The summed E-state index contributed by atoms with van der Waals surface area (Å²) in [5.74, 6) is 0.750. The number of hydrogen-bond donors (Lipinski definition) is 1. The molecule has 0 amide bonds. The predicted octanol–water partition coefficient (Wildman–Crippen LogP) is 8.05. The molecule has 146 valence electrons. The molecule has 1 nitrogen and oxygen atoms in total. The van der Waals surface area contributed by atoms with Crippen LogP contribution in [-0.2, 0) is 0 Å². The van der Waals surface area contributed by atoms with Gasteiger partial charge in [0.1, 0.15) is 0 Å². The Morgan fingerprint density at radius 1 is 0.542 bits per heavy atom. The molecule has 0 saturated carbocycles. The quantitative estimate of drug-likeness (QED) is 0.236. The van der Waals surface area contributed by atoms with Gasteiger partial charge in [-0.25, -0.2) is 0 Å². The van der Waals surface area contributed by atoms with E-state index in [4.69, 9.17) is 0 Å². The van der Waals surface area contributed by atoms with E-state index in [9.17, 15) is 5.11 Å². The molecule has 0 rings (SSSR count). The fourth-order valence-corrected chi connectivity index (χ4v) is 3.72. The van der Waals surface area contributed by atoms with Gasteiger partial charge in [0.2, 0.25) is 0 Å². The van der Waals surface area contributed by atoms with Crippen LogP contribution in [0.5, 0.6) is 0 Å². The van der Waals surface area contributed by atoms with Crippen molar-refractivity contribution in [1.82, 2.24) is 0 Å². The van der Waals surface area contributed by atoms with Crippen molar-refractivity contribution < 1.29 is 5.11 Å². The molecule has 0 fully saturated rings. The molecule has 1 heteroatoms. The molecule has 0 heterocycles. The second-order valence-corrected chi connectivity index (χ2v) is 7.98. The molecule has 24 heavy (non-hydrogen) atoms. The second-order valence-electron chi connectivity index (χ2n) is 7.98. The second kappa shape index (κ2) is 19.3. The first-order chi connectivity index (χ1) is 11.7.